The lowest BCUT2D eigenvalue weighted by molar-refractivity contribution is -0.216. The highest BCUT2D eigenvalue weighted by atomic mass is 19.4. The number of amides is 1. The molecule has 2 nitrogen and oxygen atoms in total. The molecule has 1 unspecified atom stereocenters. The molecule has 0 radical (unpaired) electrons. The lowest BCUT2D eigenvalue weighted by atomic mass is 9.73. The first-order valence-electron chi connectivity index (χ1n) is 5.16. The van der Waals surface area contributed by atoms with Crippen LogP contribution < -0.4 is 0 Å². The number of carbonyl (C=O) groups excluding carboxylic acids is 1. The maximum atomic E-state index is 12.7. The van der Waals surface area contributed by atoms with Gasteiger partial charge < -0.3 is 4.90 Å². The average molecular weight is 235 g/mol. The minimum absolute atomic E-state index is 0.0317. The molecule has 1 amide bonds. The van der Waals surface area contributed by atoms with Crippen molar-refractivity contribution >= 4 is 5.91 Å². The van der Waals surface area contributed by atoms with E-state index in [9.17, 15) is 18.0 Å². The molecule has 0 aromatic heterocycles. The molecule has 16 heavy (non-hydrogen) atoms. The lowest BCUT2D eigenvalue weighted by Gasteiger charge is -2.44. The van der Waals surface area contributed by atoms with E-state index in [0.29, 0.717) is 0 Å². The molecule has 0 spiro atoms. The molecule has 1 atom stereocenters. The van der Waals surface area contributed by atoms with Crippen LogP contribution in [0.15, 0.2) is 12.7 Å². The molecule has 5 heteroatoms. The van der Waals surface area contributed by atoms with E-state index in [0.717, 1.165) is 6.08 Å². The highest BCUT2D eigenvalue weighted by Crippen LogP contribution is 2.44. The Bertz CT molecular complexity index is 296. The van der Waals surface area contributed by atoms with Gasteiger partial charge in [0, 0.05) is 13.1 Å². The summed E-state index contributed by atoms with van der Waals surface area (Å²) in [6.07, 6.45) is -3.08. The van der Waals surface area contributed by atoms with Gasteiger partial charge in [-0.25, -0.2) is 0 Å². The Morgan fingerprint density at radius 3 is 2.44 bits per heavy atom. The molecule has 0 bridgehead atoms. The van der Waals surface area contributed by atoms with Gasteiger partial charge in [0.25, 0.3) is 0 Å². The summed E-state index contributed by atoms with van der Waals surface area (Å²) in [5, 5.41) is 0. The number of carbonyl (C=O) groups is 1. The molecular formula is C11H16F3NO. The Morgan fingerprint density at radius 2 is 2.06 bits per heavy atom. The summed E-state index contributed by atoms with van der Waals surface area (Å²) in [6.45, 7) is 6.71. The van der Waals surface area contributed by atoms with Crippen molar-refractivity contribution in [2.45, 2.75) is 26.4 Å². The molecule has 1 aliphatic rings. The van der Waals surface area contributed by atoms with Gasteiger partial charge in [0.05, 0.1) is 5.92 Å². The summed E-state index contributed by atoms with van der Waals surface area (Å²) in [6, 6.07) is 0. The minimum atomic E-state index is -4.19. The van der Waals surface area contributed by atoms with Crippen molar-refractivity contribution in [1.29, 1.82) is 0 Å². The van der Waals surface area contributed by atoms with Crippen LogP contribution in [0.5, 0.6) is 0 Å². The molecule has 0 aromatic carbocycles. The SMILES string of the molecule is C=CC(=O)N1CCC(C(F)(F)F)C(C)(C)C1. The van der Waals surface area contributed by atoms with Crippen LogP contribution in [0.1, 0.15) is 20.3 Å². The van der Waals surface area contributed by atoms with Crippen molar-refractivity contribution in [3.63, 3.8) is 0 Å². The fourth-order valence-electron chi connectivity index (χ4n) is 2.28. The fraction of sp³-hybridized carbons (Fsp3) is 0.727. The van der Waals surface area contributed by atoms with Gasteiger partial charge in [0.1, 0.15) is 0 Å². The molecule has 92 valence electrons. The van der Waals surface area contributed by atoms with Crippen LogP contribution in [0.3, 0.4) is 0 Å². The van der Waals surface area contributed by atoms with E-state index < -0.39 is 17.5 Å². The van der Waals surface area contributed by atoms with Gasteiger partial charge in [-0.3, -0.25) is 4.79 Å². The number of piperidine rings is 1. The maximum absolute atomic E-state index is 12.7. The van der Waals surface area contributed by atoms with Crippen molar-refractivity contribution in [1.82, 2.24) is 4.90 Å². The summed E-state index contributed by atoms with van der Waals surface area (Å²) in [7, 11) is 0. The van der Waals surface area contributed by atoms with Crippen molar-refractivity contribution < 1.29 is 18.0 Å². The Kier molecular flexibility index (Phi) is 3.35. The van der Waals surface area contributed by atoms with Gasteiger partial charge in [0.15, 0.2) is 0 Å². The van der Waals surface area contributed by atoms with Gasteiger partial charge in [-0.2, -0.15) is 13.2 Å². The second-order valence-electron chi connectivity index (χ2n) is 4.84. The summed E-state index contributed by atoms with van der Waals surface area (Å²) < 4.78 is 38.2. The fourth-order valence-corrected chi connectivity index (χ4v) is 2.28. The number of rotatable bonds is 1. The number of hydrogen-bond acceptors (Lipinski definition) is 1. The lowest BCUT2D eigenvalue weighted by Crippen LogP contribution is -2.52. The van der Waals surface area contributed by atoms with E-state index in [-0.39, 0.29) is 25.4 Å². The third kappa shape index (κ3) is 2.57. The van der Waals surface area contributed by atoms with E-state index in [1.807, 2.05) is 0 Å². The van der Waals surface area contributed by atoms with E-state index in [1.54, 1.807) is 13.8 Å². The maximum Gasteiger partial charge on any atom is 0.392 e. The second-order valence-corrected chi connectivity index (χ2v) is 4.84. The van der Waals surface area contributed by atoms with Crippen LogP contribution in [0.4, 0.5) is 13.2 Å². The van der Waals surface area contributed by atoms with Gasteiger partial charge >= 0.3 is 6.18 Å². The van der Waals surface area contributed by atoms with Gasteiger partial charge in [0.2, 0.25) is 5.91 Å². The van der Waals surface area contributed by atoms with E-state index in [2.05, 4.69) is 6.58 Å². The first kappa shape index (κ1) is 13.1. The minimum Gasteiger partial charge on any atom is -0.339 e. The van der Waals surface area contributed by atoms with Gasteiger partial charge in [-0.15, -0.1) is 0 Å². The zero-order chi connectivity index (χ0) is 12.6. The van der Waals surface area contributed by atoms with Gasteiger partial charge in [-0.05, 0) is 17.9 Å². The Morgan fingerprint density at radius 1 is 1.50 bits per heavy atom. The molecular weight excluding hydrogens is 219 g/mol. The number of nitrogens with zero attached hydrogens (tertiary/aromatic N) is 1. The number of halogens is 3. The summed E-state index contributed by atoms with van der Waals surface area (Å²) in [4.78, 5) is 12.8. The molecule has 0 N–H and O–H groups in total. The average Bonchev–Trinajstić information content (AvgIpc) is 2.12. The highest BCUT2D eigenvalue weighted by Gasteiger charge is 2.51. The number of likely N-dealkylation sites (tertiary alicyclic amines) is 1. The quantitative estimate of drug-likeness (QED) is 0.640. The normalized spacial score (nSPS) is 25.3. The van der Waals surface area contributed by atoms with Crippen molar-refractivity contribution in [3.8, 4) is 0 Å². The largest absolute Gasteiger partial charge is 0.392 e. The molecule has 1 heterocycles. The summed E-state index contributed by atoms with van der Waals surface area (Å²) >= 11 is 0. The zero-order valence-corrected chi connectivity index (χ0v) is 9.47. The topological polar surface area (TPSA) is 20.3 Å². The van der Waals surface area contributed by atoms with E-state index in [1.165, 1.54) is 4.90 Å². The number of alkyl halides is 3. The molecule has 0 saturated carbocycles. The van der Waals surface area contributed by atoms with Crippen LogP contribution in [0.2, 0.25) is 0 Å². The predicted octanol–water partition coefficient (Wildman–Crippen LogP) is 2.61. The summed E-state index contributed by atoms with van der Waals surface area (Å²) in [5.74, 6) is -1.64. The third-order valence-corrected chi connectivity index (χ3v) is 3.11. The third-order valence-electron chi connectivity index (χ3n) is 3.11. The standard InChI is InChI=1S/C11H16F3NO/c1-4-9(16)15-6-5-8(11(12,13)14)10(2,3)7-15/h4,8H,1,5-7H2,2-3H3. The predicted molar refractivity (Wildman–Crippen MR) is 54.7 cm³/mol. The Hall–Kier alpha value is -1.00. The first-order chi connectivity index (χ1) is 7.18. The van der Waals surface area contributed by atoms with Crippen LogP contribution in [-0.4, -0.2) is 30.1 Å². The summed E-state index contributed by atoms with van der Waals surface area (Å²) in [5.41, 5.74) is -0.935. The van der Waals surface area contributed by atoms with E-state index >= 15 is 0 Å². The Labute approximate surface area is 93.1 Å². The van der Waals surface area contributed by atoms with Crippen molar-refractivity contribution in [2.24, 2.45) is 11.3 Å². The molecule has 1 rings (SSSR count). The molecule has 1 saturated heterocycles. The van der Waals surface area contributed by atoms with Crippen molar-refractivity contribution in [2.75, 3.05) is 13.1 Å². The van der Waals surface area contributed by atoms with Crippen LogP contribution in [0, 0.1) is 11.3 Å². The van der Waals surface area contributed by atoms with Gasteiger partial charge in [-0.1, -0.05) is 20.4 Å². The smallest absolute Gasteiger partial charge is 0.339 e. The highest BCUT2D eigenvalue weighted by molar-refractivity contribution is 5.87. The van der Waals surface area contributed by atoms with Crippen molar-refractivity contribution in [3.05, 3.63) is 12.7 Å². The molecule has 0 aromatic rings. The zero-order valence-electron chi connectivity index (χ0n) is 9.47. The molecule has 1 fully saturated rings. The van der Waals surface area contributed by atoms with Crippen LogP contribution in [0.25, 0.3) is 0 Å². The second kappa shape index (κ2) is 4.11. The Balaban J connectivity index is 2.81. The van der Waals surface area contributed by atoms with Crippen LogP contribution in [-0.2, 0) is 4.79 Å². The number of hydrogen-bond donors (Lipinski definition) is 0. The molecule has 0 aliphatic carbocycles. The van der Waals surface area contributed by atoms with E-state index in [4.69, 9.17) is 0 Å². The van der Waals surface area contributed by atoms with Crippen LogP contribution >= 0.6 is 0 Å². The molecule has 1 aliphatic heterocycles. The monoisotopic (exact) mass is 235 g/mol. The first-order valence-corrected chi connectivity index (χ1v) is 5.16.